The summed E-state index contributed by atoms with van der Waals surface area (Å²) in [5, 5.41) is 1.76. The average Bonchev–Trinajstić information content (AvgIpc) is 3.86. The average molecular weight is 497 g/mol. The van der Waals surface area contributed by atoms with E-state index in [0.29, 0.717) is 72.1 Å². The quantitative estimate of drug-likeness (QED) is 0.199. The lowest BCUT2D eigenvalue weighted by Gasteiger charge is -2.13. The number of hydrogen-bond donors (Lipinski definition) is 0. The molecule has 0 spiro atoms. The third-order valence-corrected chi connectivity index (χ3v) is 6.20. The normalized spacial score (nSPS) is 18.1. The summed E-state index contributed by atoms with van der Waals surface area (Å²) in [6.45, 7) is 2.32. The van der Waals surface area contributed by atoms with Gasteiger partial charge in [0.15, 0.2) is 23.0 Å². The zero-order valence-corrected chi connectivity index (χ0v) is 19.9. The monoisotopic (exact) mass is 496 g/mol. The minimum Gasteiger partial charge on any atom is -0.487 e. The van der Waals surface area contributed by atoms with Crippen LogP contribution in [0.2, 0.25) is 0 Å². The number of para-hydroxylation sites is 2. The lowest BCUT2D eigenvalue weighted by molar-refractivity contribution is 0.255. The first-order valence-corrected chi connectivity index (χ1v) is 12.3. The summed E-state index contributed by atoms with van der Waals surface area (Å²) < 4.78 is 41.5. The van der Waals surface area contributed by atoms with Crippen LogP contribution < -0.4 is 18.9 Å². The fourth-order valence-electron chi connectivity index (χ4n) is 4.10. The molecule has 7 nitrogen and oxygen atoms in total. The van der Waals surface area contributed by atoms with Gasteiger partial charge in [0.05, 0.1) is 13.2 Å². The molecular formula is C30H24O7. The molecule has 2 atom stereocenters. The van der Waals surface area contributed by atoms with Crippen molar-refractivity contribution in [3.05, 3.63) is 84.9 Å². The molecule has 2 fully saturated rings. The predicted octanol–water partition coefficient (Wildman–Crippen LogP) is 6.73. The summed E-state index contributed by atoms with van der Waals surface area (Å²) in [4.78, 5) is 0. The molecule has 37 heavy (non-hydrogen) atoms. The molecule has 7 rings (SSSR count). The van der Waals surface area contributed by atoms with Crippen molar-refractivity contribution < 1.29 is 32.8 Å². The molecule has 2 saturated heterocycles. The first-order valence-electron chi connectivity index (χ1n) is 12.3. The number of ether oxygens (including phenoxy) is 6. The second-order valence-electron chi connectivity index (χ2n) is 9.06. The van der Waals surface area contributed by atoms with E-state index in [2.05, 4.69) is 0 Å². The van der Waals surface area contributed by atoms with E-state index in [1.165, 1.54) is 0 Å². The summed E-state index contributed by atoms with van der Waals surface area (Å²) in [6.07, 6.45) is 0.229. The van der Waals surface area contributed by atoms with E-state index in [-0.39, 0.29) is 12.2 Å². The van der Waals surface area contributed by atoms with Crippen LogP contribution in [0.25, 0.3) is 21.9 Å². The Bertz CT molecular complexity index is 1420. The molecule has 1 aromatic heterocycles. The molecule has 0 N–H and O–H groups in total. The van der Waals surface area contributed by atoms with Crippen molar-refractivity contribution in [2.24, 2.45) is 0 Å². The van der Waals surface area contributed by atoms with Crippen LogP contribution in [-0.2, 0) is 9.47 Å². The van der Waals surface area contributed by atoms with Gasteiger partial charge < -0.3 is 32.8 Å². The molecule has 0 saturated carbocycles. The number of hydrogen-bond acceptors (Lipinski definition) is 7. The number of furan rings is 1. The van der Waals surface area contributed by atoms with Gasteiger partial charge >= 0.3 is 0 Å². The van der Waals surface area contributed by atoms with Crippen LogP contribution in [0, 0.1) is 0 Å². The SMILES string of the molecule is c1ccc(Oc2cc3c(cc2OCC2CO2)oc2cc(OCC4CO4)c(Oc4ccccc4)cc23)cc1. The molecule has 2 aliphatic heterocycles. The van der Waals surface area contributed by atoms with E-state index in [0.717, 1.165) is 10.8 Å². The van der Waals surface area contributed by atoms with Crippen molar-refractivity contribution in [1.29, 1.82) is 0 Å². The number of epoxide rings is 2. The third-order valence-electron chi connectivity index (χ3n) is 6.20. The Morgan fingerprint density at radius 2 is 1.00 bits per heavy atom. The molecule has 5 aromatic rings. The van der Waals surface area contributed by atoms with Gasteiger partial charge in [-0.1, -0.05) is 36.4 Å². The second-order valence-corrected chi connectivity index (χ2v) is 9.06. The van der Waals surface area contributed by atoms with Crippen molar-refractivity contribution in [3.8, 4) is 34.5 Å². The largest absolute Gasteiger partial charge is 0.487 e. The summed E-state index contributed by atoms with van der Waals surface area (Å²) in [5.74, 6) is 3.81. The summed E-state index contributed by atoms with van der Waals surface area (Å²) in [6, 6.07) is 26.9. The zero-order valence-electron chi connectivity index (χ0n) is 19.9. The highest BCUT2D eigenvalue weighted by atomic mass is 16.6. The van der Waals surface area contributed by atoms with Crippen molar-refractivity contribution in [1.82, 2.24) is 0 Å². The van der Waals surface area contributed by atoms with Gasteiger partial charge in [-0.05, 0) is 36.4 Å². The van der Waals surface area contributed by atoms with E-state index in [1.54, 1.807) is 0 Å². The molecule has 0 bridgehead atoms. The van der Waals surface area contributed by atoms with Crippen LogP contribution in [0.4, 0.5) is 0 Å². The van der Waals surface area contributed by atoms with Crippen molar-refractivity contribution in [3.63, 3.8) is 0 Å². The van der Waals surface area contributed by atoms with Gasteiger partial charge in [0.1, 0.15) is 48.1 Å². The predicted molar refractivity (Wildman–Crippen MR) is 137 cm³/mol. The minimum atomic E-state index is 0.115. The highest BCUT2D eigenvalue weighted by molar-refractivity contribution is 6.07. The maximum Gasteiger partial charge on any atom is 0.170 e. The molecule has 0 radical (unpaired) electrons. The number of rotatable bonds is 10. The lowest BCUT2D eigenvalue weighted by Crippen LogP contribution is -2.05. The molecule has 0 amide bonds. The van der Waals surface area contributed by atoms with E-state index < -0.39 is 0 Å². The van der Waals surface area contributed by atoms with Crippen LogP contribution >= 0.6 is 0 Å². The van der Waals surface area contributed by atoms with Crippen LogP contribution in [0.15, 0.2) is 89.3 Å². The smallest absolute Gasteiger partial charge is 0.170 e. The lowest BCUT2D eigenvalue weighted by atomic mass is 10.1. The number of benzene rings is 4. The van der Waals surface area contributed by atoms with Gasteiger partial charge in [-0.15, -0.1) is 0 Å². The molecule has 0 aliphatic carbocycles. The molecular weight excluding hydrogens is 472 g/mol. The third kappa shape index (κ3) is 4.91. The standard InChI is InChI=1S/C30H24O7/c1-3-7-19(8-4-1)35-29-11-23-24-12-30(36-20-9-5-2-6-10-20)28(34-18-22-16-32-22)14-26(24)37-25(23)13-27(29)33-17-21-15-31-21/h1-14,21-22H,15-18H2. The van der Waals surface area contributed by atoms with E-state index in [9.17, 15) is 0 Å². The fraction of sp³-hybridized carbons (Fsp3) is 0.200. The molecule has 2 aliphatic rings. The maximum atomic E-state index is 6.26. The minimum absolute atomic E-state index is 0.115. The first-order chi connectivity index (χ1) is 18.3. The molecule has 2 unspecified atom stereocenters. The second kappa shape index (κ2) is 9.35. The zero-order chi connectivity index (χ0) is 24.6. The van der Waals surface area contributed by atoms with Crippen molar-refractivity contribution in [2.75, 3.05) is 26.4 Å². The van der Waals surface area contributed by atoms with Gasteiger partial charge in [-0.2, -0.15) is 0 Å². The Morgan fingerprint density at radius 3 is 1.41 bits per heavy atom. The highest BCUT2D eigenvalue weighted by Crippen LogP contribution is 2.44. The summed E-state index contributed by atoms with van der Waals surface area (Å²) in [7, 11) is 0. The summed E-state index contributed by atoms with van der Waals surface area (Å²) in [5.41, 5.74) is 1.35. The summed E-state index contributed by atoms with van der Waals surface area (Å²) >= 11 is 0. The van der Waals surface area contributed by atoms with E-state index in [4.69, 9.17) is 32.8 Å². The Kier molecular flexibility index (Phi) is 5.57. The van der Waals surface area contributed by atoms with Gasteiger partial charge in [0.2, 0.25) is 0 Å². The Morgan fingerprint density at radius 1 is 0.568 bits per heavy atom. The van der Waals surface area contributed by atoms with E-state index >= 15 is 0 Å². The first kappa shape index (κ1) is 22.0. The molecule has 4 aromatic carbocycles. The Labute approximate surface area is 213 Å². The molecule has 7 heteroatoms. The van der Waals surface area contributed by atoms with Gasteiger partial charge in [-0.25, -0.2) is 0 Å². The van der Waals surface area contributed by atoms with Crippen molar-refractivity contribution >= 4 is 21.9 Å². The highest BCUT2D eigenvalue weighted by Gasteiger charge is 2.26. The van der Waals surface area contributed by atoms with Gasteiger partial charge in [0.25, 0.3) is 0 Å². The van der Waals surface area contributed by atoms with Gasteiger partial charge in [0, 0.05) is 22.9 Å². The van der Waals surface area contributed by atoms with Crippen LogP contribution in [0.3, 0.4) is 0 Å². The molecule has 3 heterocycles. The van der Waals surface area contributed by atoms with Crippen LogP contribution in [0.1, 0.15) is 0 Å². The van der Waals surface area contributed by atoms with E-state index in [1.807, 2.05) is 84.9 Å². The Balaban J connectivity index is 1.32. The maximum absolute atomic E-state index is 6.26. The van der Waals surface area contributed by atoms with Crippen LogP contribution in [0.5, 0.6) is 34.5 Å². The van der Waals surface area contributed by atoms with Crippen molar-refractivity contribution in [2.45, 2.75) is 12.2 Å². The molecule has 186 valence electrons. The topological polar surface area (TPSA) is 75.1 Å². The van der Waals surface area contributed by atoms with Crippen LogP contribution in [-0.4, -0.2) is 38.6 Å². The number of fused-ring (bicyclic) bond motifs is 3. The van der Waals surface area contributed by atoms with Gasteiger partial charge in [-0.3, -0.25) is 0 Å². The fourth-order valence-corrected chi connectivity index (χ4v) is 4.10. The Hall–Kier alpha value is -4.20.